The van der Waals surface area contributed by atoms with Crippen LogP contribution in [0, 0.1) is 0 Å². The third-order valence-corrected chi connectivity index (χ3v) is 4.83. The molecular formula is C13H18ClNO4S. The van der Waals surface area contributed by atoms with Crippen molar-refractivity contribution in [3.05, 3.63) is 18.2 Å². The van der Waals surface area contributed by atoms with Crippen molar-refractivity contribution in [1.82, 2.24) is 4.72 Å². The molecule has 0 aromatic heterocycles. The molecule has 1 aromatic carbocycles. The van der Waals surface area contributed by atoms with Crippen LogP contribution >= 0.6 is 11.6 Å². The van der Waals surface area contributed by atoms with Crippen LogP contribution in [-0.2, 0) is 10.0 Å². The second-order valence-electron chi connectivity index (χ2n) is 4.51. The van der Waals surface area contributed by atoms with E-state index < -0.39 is 10.0 Å². The van der Waals surface area contributed by atoms with Gasteiger partial charge in [0.1, 0.15) is 13.2 Å². The Balaban J connectivity index is 2.20. The lowest BCUT2D eigenvalue weighted by Gasteiger charge is -2.20. The molecule has 0 bridgehead atoms. The number of rotatable bonds is 6. The fraction of sp³-hybridized carbons (Fsp3) is 0.538. The van der Waals surface area contributed by atoms with Gasteiger partial charge >= 0.3 is 0 Å². The highest BCUT2D eigenvalue weighted by Gasteiger charge is 2.21. The van der Waals surface area contributed by atoms with Crippen LogP contribution in [0.1, 0.15) is 19.8 Å². The summed E-state index contributed by atoms with van der Waals surface area (Å²) in [5.74, 6) is 1.45. The van der Waals surface area contributed by atoms with E-state index in [0.29, 0.717) is 43.4 Å². The summed E-state index contributed by atoms with van der Waals surface area (Å²) in [5.41, 5.74) is 0. The van der Waals surface area contributed by atoms with Gasteiger partial charge in [0, 0.05) is 18.0 Å². The first-order chi connectivity index (χ1) is 9.56. The molecule has 2 rings (SSSR count). The summed E-state index contributed by atoms with van der Waals surface area (Å²) in [5, 5.41) is 0. The van der Waals surface area contributed by atoms with Gasteiger partial charge in [-0.3, -0.25) is 0 Å². The zero-order valence-corrected chi connectivity index (χ0v) is 12.8. The van der Waals surface area contributed by atoms with Gasteiger partial charge in [0.2, 0.25) is 10.0 Å². The van der Waals surface area contributed by atoms with Gasteiger partial charge < -0.3 is 9.47 Å². The van der Waals surface area contributed by atoms with E-state index >= 15 is 0 Å². The van der Waals surface area contributed by atoms with E-state index in [1.54, 1.807) is 6.07 Å². The predicted molar refractivity (Wildman–Crippen MR) is 77.2 cm³/mol. The number of hydrogen-bond donors (Lipinski definition) is 1. The minimum absolute atomic E-state index is 0.161. The summed E-state index contributed by atoms with van der Waals surface area (Å²) in [7, 11) is -3.57. The average molecular weight is 320 g/mol. The number of ether oxygens (including phenoxy) is 2. The Kier molecular flexibility index (Phi) is 5.12. The van der Waals surface area contributed by atoms with Crippen molar-refractivity contribution >= 4 is 21.6 Å². The van der Waals surface area contributed by atoms with E-state index in [0.717, 1.165) is 0 Å². The Bertz CT molecular complexity index is 561. The largest absolute Gasteiger partial charge is 0.486 e. The Hall–Kier alpha value is -0.980. The summed E-state index contributed by atoms with van der Waals surface area (Å²) in [6.45, 7) is 2.82. The fourth-order valence-corrected chi connectivity index (χ4v) is 3.59. The first-order valence-electron chi connectivity index (χ1n) is 6.54. The quantitative estimate of drug-likeness (QED) is 0.816. The van der Waals surface area contributed by atoms with Gasteiger partial charge in [0.05, 0.1) is 4.90 Å². The minimum atomic E-state index is -3.57. The van der Waals surface area contributed by atoms with E-state index in [4.69, 9.17) is 21.1 Å². The molecular weight excluding hydrogens is 302 g/mol. The molecule has 0 radical (unpaired) electrons. The molecule has 0 saturated carbocycles. The van der Waals surface area contributed by atoms with Crippen LogP contribution in [0.25, 0.3) is 0 Å². The monoisotopic (exact) mass is 319 g/mol. The van der Waals surface area contributed by atoms with Crippen LogP contribution in [0.2, 0.25) is 0 Å². The summed E-state index contributed by atoms with van der Waals surface area (Å²) < 4.78 is 38.1. The van der Waals surface area contributed by atoms with E-state index in [1.165, 1.54) is 12.1 Å². The molecule has 0 fully saturated rings. The van der Waals surface area contributed by atoms with E-state index in [-0.39, 0.29) is 10.9 Å². The molecule has 0 spiro atoms. The van der Waals surface area contributed by atoms with E-state index in [9.17, 15) is 8.42 Å². The van der Waals surface area contributed by atoms with Gasteiger partial charge in [0.15, 0.2) is 11.5 Å². The van der Waals surface area contributed by atoms with Crippen LogP contribution in [0.15, 0.2) is 23.1 Å². The molecule has 5 nitrogen and oxygen atoms in total. The van der Waals surface area contributed by atoms with Gasteiger partial charge in [-0.05, 0) is 25.0 Å². The van der Waals surface area contributed by atoms with Crippen LogP contribution in [0.3, 0.4) is 0 Å². The highest BCUT2D eigenvalue weighted by molar-refractivity contribution is 7.89. The summed E-state index contributed by atoms with van der Waals surface area (Å²) in [4.78, 5) is 0.176. The predicted octanol–water partition coefficient (Wildman–Crippen LogP) is 2.14. The Morgan fingerprint density at radius 2 is 2.00 bits per heavy atom. The molecule has 0 aliphatic carbocycles. The second-order valence-corrected chi connectivity index (χ2v) is 6.60. The average Bonchev–Trinajstić information content (AvgIpc) is 2.46. The van der Waals surface area contributed by atoms with Crippen molar-refractivity contribution < 1.29 is 17.9 Å². The van der Waals surface area contributed by atoms with Gasteiger partial charge in [0.25, 0.3) is 0 Å². The first kappa shape index (κ1) is 15.4. The number of hydrogen-bond acceptors (Lipinski definition) is 4. The lowest BCUT2D eigenvalue weighted by molar-refractivity contribution is 0.171. The summed E-state index contributed by atoms with van der Waals surface area (Å²) >= 11 is 5.67. The number of benzene rings is 1. The normalized spacial score (nSPS) is 15.9. The third kappa shape index (κ3) is 3.56. The Morgan fingerprint density at radius 3 is 2.65 bits per heavy atom. The zero-order valence-electron chi connectivity index (χ0n) is 11.3. The summed E-state index contributed by atoms with van der Waals surface area (Å²) in [6.07, 6.45) is 1.29. The number of nitrogens with one attached hydrogen (secondary N) is 1. The molecule has 20 heavy (non-hydrogen) atoms. The van der Waals surface area contributed by atoms with Gasteiger partial charge in [-0.15, -0.1) is 11.6 Å². The lowest BCUT2D eigenvalue weighted by atomic mass is 10.2. The number of halogens is 1. The lowest BCUT2D eigenvalue weighted by Crippen LogP contribution is -2.34. The molecule has 0 saturated heterocycles. The molecule has 1 unspecified atom stereocenters. The standard InChI is InChI=1S/C13H18ClNO4S/c1-2-10(5-6-14)15-20(16,17)11-3-4-12-13(9-11)19-8-7-18-12/h3-4,9-10,15H,2,5-8H2,1H3. The van der Waals surface area contributed by atoms with Crippen molar-refractivity contribution in [2.75, 3.05) is 19.1 Å². The molecule has 1 heterocycles. The smallest absolute Gasteiger partial charge is 0.240 e. The molecule has 7 heteroatoms. The van der Waals surface area contributed by atoms with Crippen LogP contribution < -0.4 is 14.2 Å². The van der Waals surface area contributed by atoms with Crippen molar-refractivity contribution in [2.45, 2.75) is 30.7 Å². The fourth-order valence-electron chi connectivity index (χ4n) is 1.96. The van der Waals surface area contributed by atoms with E-state index in [1.807, 2.05) is 6.92 Å². The molecule has 112 valence electrons. The zero-order chi connectivity index (χ0) is 14.6. The van der Waals surface area contributed by atoms with Gasteiger partial charge in [-0.1, -0.05) is 6.92 Å². The number of fused-ring (bicyclic) bond motifs is 1. The van der Waals surface area contributed by atoms with Crippen LogP contribution in [-0.4, -0.2) is 33.6 Å². The highest BCUT2D eigenvalue weighted by atomic mass is 35.5. The highest BCUT2D eigenvalue weighted by Crippen LogP contribution is 2.32. The Labute approximate surface area is 124 Å². The van der Waals surface area contributed by atoms with Crippen LogP contribution in [0.4, 0.5) is 0 Å². The van der Waals surface area contributed by atoms with Gasteiger partial charge in [-0.2, -0.15) is 0 Å². The van der Waals surface area contributed by atoms with E-state index in [2.05, 4.69) is 4.72 Å². The molecule has 1 aliphatic rings. The van der Waals surface area contributed by atoms with Crippen molar-refractivity contribution in [3.63, 3.8) is 0 Å². The minimum Gasteiger partial charge on any atom is -0.486 e. The third-order valence-electron chi connectivity index (χ3n) is 3.10. The maximum absolute atomic E-state index is 12.3. The SMILES string of the molecule is CCC(CCCl)NS(=O)(=O)c1ccc2c(c1)OCCO2. The Morgan fingerprint density at radius 1 is 1.30 bits per heavy atom. The van der Waals surface area contributed by atoms with Gasteiger partial charge in [-0.25, -0.2) is 13.1 Å². The van der Waals surface area contributed by atoms with Crippen molar-refractivity contribution in [1.29, 1.82) is 0 Å². The van der Waals surface area contributed by atoms with Crippen molar-refractivity contribution in [3.8, 4) is 11.5 Å². The molecule has 1 aliphatic heterocycles. The second kappa shape index (κ2) is 6.65. The maximum Gasteiger partial charge on any atom is 0.240 e. The topological polar surface area (TPSA) is 64.6 Å². The number of sulfonamides is 1. The number of alkyl halides is 1. The summed E-state index contributed by atoms with van der Waals surface area (Å²) in [6, 6.07) is 4.46. The first-order valence-corrected chi connectivity index (χ1v) is 8.56. The van der Waals surface area contributed by atoms with Crippen molar-refractivity contribution in [2.24, 2.45) is 0 Å². The molecule has 1 N–H and O–H groups in total. The molecule has 0 amide bonds. The molecule has 1 aromatic rings. The van der Waals surface area contributed by atoms with Crippen LogP contribution in [0.5, 0.6) is 11.5 Å². The maximum atomic E-state index is 12.3. The molecule has 1 atom stereocenters.